The molecule has 132 valence electrons. The van der Waals surface area contributed by atoms with E-state index >= 15 is 0 Å². The Balaban J connectivity index is 1.62. The third kappa shape index (κ3) is 3.33. The molecule has 1 amide bonds. The summed E-state index contributed by atoms with van der Waals surface area (Å²) >= 11 is 0. The molecule has 1 unspecified atom stereocenters. The lowest BCUT2D eigenvalue weighted by atomic mass is 10.2. The fourth-order valence-electron chi connectivity index (χ4n) is 3.37. The normalized spacial score (nSPS) is 20.8. The highest BCUT2D eigenvalue weighted by Gasteiger charge is 2.40. The van der Waals surface area contributed by atoms with E-state index in [4.69, 9.17) is 4.99 Å². The van der Waals surface area contributed by atoms with Crippen molar-refractivity contribution in [3.8, 4) is 0 Å². The summed E-state index contributed by atoms with van der Waals surface area (Å²) in [6.07, 6.45) is 1.47. The van der Waals surface area contributed by atoms with Gasteiger partial charge in [0.1, 0.15) is 5.84 Å². The van der Waals surface area contributed by atoms with Crippen LogP contribution < -0.4 is 5.32 Å². The molecular weight excluding hydrogens is 324 g/mol. The predicted molar refractivity (Wildman–Crippen MR) is 102 cm³/mol. The van der Waals surface area contributed by atoms with Crippen LogP contribution in [0, 0.1) is 0 Å². The summed E-state index contributed by atoms with van der Waals surface area (Å²) in [4.78, 5) is 21.3. The number of amides is 1. The van der Waals surface area contributed by atoms with E-state index in [1.165, 1.54) is 5.56 Å². The van der Waals surface area contributed by atoms with Crippen molar-refractivity contribution in [3.05, 3.63) is 83.6 Å². The zero-order chi connectivity index (χ0) is 17.9. The number of carbonyl (C=O) groups excluding carboxylic acids is 1. The van der Waals surface area contributed by atoms with Gasteiger partial charge in [0.05, 0.1) is 13.1 Å². The third-order valence-corrected chi connectivity index (χ3v) is 4.70. The number of rotatable bonds is 4. The molecular formula is C21H22N4O. The fourth-order valence-corrected chi connectivity index (χ4v) is 3.37. The lowest BCUT2D eigenvalue weighted by Gasteiger charge is -2.34. The van der Waals surface area contributed by atoms with Gasteiger partial charge in [0.25, 0.3) is 5.91 Å². The van der Waals surface area contributed by atoms with E-state index in [-0.39, 0.29) is 12.2 Å². The number of allylic oxidation sites excluding steroid dienone is 1. The van der Waals surface area contributed by atoms with Crippen LogP contribution in [0.25, 0.3) is 0 Å². The second-order valence-electron chi connectivity index (χ2n) is 6.64. The minimum Gasteiger partial charge on any atom is -0.352 e. The topological polar surface area (TPSA) is 47.9 Å². The number of hydrogen-bond donors (Lipinski definition) is 1. The molecule has 0 radical (unpaired) electrons. The van der Waals surface area contributed by atoms with E-state index < -0.39 is 0 Å². The zero-order valence-corrected chi connectivity index (χ0v) is 14.8. The van der Waals surface area contributed by atoms with Gasteiger partial charge in [-0.05, 0) is 18.1 Å². The highest BCUT2D eigenvalue weighted by molar-refractivity contribution is 5.97. The van der Waals surface area contributed by atoms with Crippen molar-refractivity contribution in [1.82, 2.24) is 15.1 Å². The Bertz CT molecular complexity index is 845. The van der Waals surface area contributed by atoms with Crippen LogP contribution in [0.15, 0.2) is 77.4 Å². The van der Waals surface area contributed by atoms with Gasteiger partial charge in [0.2, 0.25) is 0 Å². The molecule has 5 heteroatoms. The highest BCUT2D eigenvalue weighted by atomic mass is 16.2. The van der Waals surface area contributed by atoms with Crippen LogP contribution in [0.2, 0.25) is 0 Å². The Kier molecular flexibility index (Phi) is 4.44. The van der Waals surface area contributed by atoms with Crippen molar-refractivity contribution in [1.29, 1.82) is 0 Å². The van der Waals surface area contributed by atoms with E-state index in [9.17, 15) is 4.79 Å². The molecule has 0 bridgehead atoms. The first-order valence-electron chi connectivity index (χ1n) is 8.84. The van der Waals surface area contributed by atoms with Gasteiger partial charge in [-0.25, -0.2) is 0 Å². The van der Waals surface area contributed by atoms with Gasteiger partial charge in [0, 0.05) is 18.3 Å². The molecule has 4 rings (SSSR count). The molecule has 1 N–H and O–H groups in total. The number of aliphatic imine (C=N–C) groups is 1. The first kappa shape index (κ1) is 16.4. The first-order valence-corrected chi connectivity index (χ1v) is 8.84. The number of benzene rings is 2. The molecule has 2 aliphatic heterocycles. The molecule has 0 aliphatic carbocycles. The van der Waals surface area contributed by atoms with E-state index in [1.54, 1.807) is 6.08 Å². The average molecular weight is 346 g/mol. The van der Waals surface area contributed by atoms with Crippen molar-refractivity contribution in [2.75, 3.05) is 6.54 Å². The predicted octanol–water partition coefficient (Wildman–Crippen LogP) is 2.72. The Morgan fingerprint density at radius 3 is 2.38 bits per heavy atom. The summed E-state index contributed by atoms with van der Waals surface area (Å²) in [6, 6.07) is 20.5. The van der Waals surface area contributed by atoms with Crippen molar-refractivity contribution in [3.63, 3.8) is 0 Å². The summed E-state index contributed by atoms with van der Waals surface area (Å²) < 4.78 is 0. The third-order valence-electron chi connectivity index (χ3n) is 4.70. The molecule has 0 saturated carbocycles. The lowest BCUT2D eigenvalue weighted by molar-refractivity contribution is -0.130. The Morgan fingerprint density at radius 2 is 1.69 bits per heavy atom. The van der Waals surface area contributed by atoms with Crippen LogP contribution in [-0.4, -0.2) is 34.4 Å². The summed E-state index contributed by atoms with van der Waals surface area (Å²) in [5.74, 6) is 0.973. The molecule has 26 heavy (non-hydrogen) atoms. The van der Waals surface area contributed by atoms with Gasteiger partial charge in [-0.15, -0.1) is 0 Å². The van der Waals surface area contributed by atoms with Crippen LogP contribution in [0.4, 0.5) is 0 Å². The molecule has 2 aliphatic rings. The SMILES string of the molecule is CC1=CC(=O)N2CC(=NCc3ccccc3)N(Cc3ccccc3)C2N1. The van der Waals surface area contributed by atoms with Crippen molar-refractivity contribution in [2.24, 2.45) is 4.99 Å². The monoisotopic (exact) mass is 346 g/mol. The summed E-state index contributed by atoms with van der Waals surface area (Å²) in [5, 5.41) is 3.42. The van der Waals surface area contributed by atoms with Crippen LogP contribution in [0.1, 0.15) is 18.1 Å². The Hall–Kier alpha value is -3.08. The van der Waals surface area contributed by atoms with E-state index in [2.05, 4.69) is 34.5 Å². The average Bonchev–Trinajstić information content (AvgIpc) is 3.00. The van der Waals surface area contributed by atoms with Crippen LogP contribution in [0.5, 0.6) is 0 Å². The van der Waals surface area contributed by atoms with Gasteiger partial charge in [-0.2, -0.15) is 0 Å². The molecule has 1 atom stereocenters. The second-order valence-corrected chi connectivity index (χ2v) is 6.64. The molecule has 1 fully saturated rings. The van der Waals surface area contributed by atoms with Crippen molar-refractivity contribution in [2.45, 2.75) is 26.3 Å². The first-order chi connectivity index (χ1) is 12.7. The molecule has 2 aromatic carbocycles. The molecule has 5 nitrogen and oxygen atoms in total. The number of fused-ring (bicyclic) bond motifs is 1. The van der Waals surface area contributed by atoms with Gasteiger partial charge in [-0.1, -0.05) is 60.7 Å². The zero-order valence-electron chi connectivity index (χ0n) is 14.8. The molecule has 0 aromatic heterocycles. The molecule has 2 aromatic rings. The van der Waals surface area contributed by atoms with Gasteiger partial charge in [-0.3, -0.25) is 14.7 Å². The second kappa shape index (κ2) is 7.04. The maximum atomic E-state index is 12.4. The Labute approximate surface area is 153 Å². The van der Waals surface area contributed by atoms with Gasteiger partial charge in [0.15, 0.2) is 6.29 Å². The van der Waals surface area contributed by atoms with Gasteiger partial charge < -0.3 is 10.2 Å². The Morgan fingerprint density at radius 1 is 1.04 bits per heavy atom. The highest BCUT2D eigenvalue weighted by Crippen LogP contribution is 2.23. The smallest absolute Gasteiger partial charge is 0.251 e. The van der Waals surface area contributed by atoms with Crippen LogP contribution >= 0.6 is 0 Å². The summed E-state index contributed by atoms with van der Waals surface area (Å²) in [7, 11) is 0. The van der Waals surface area contributed by atoms with E-state index in [0.29, 0.717) is 19.6 Å². The molecule has 0 spiro atoms. The summed E-state index contributed by atoms with van der Waals surface area (Å²) in [6.45, 7) is 3.78. The van der Waals surface area contributed by atoms with Gasteiger partial charge >= 0.3 is 0 Å². The fraction of sp³-hybridized carbons (Fsp3) is 0.238. The van der Waals surface area contributed by atoms with Crippen molar-refractivity contribution >= 4 is 11.7 Å². The number of amidine groups is 1. The van der Waals surface area contributed by atoms with Crippen molar-refractivity contribution < 1.29 is 4.79 Å². The number of carbonyl (C=O) groups is 1. The standard InChI is InChI=1S/C21H22N4O/c1-16-12-20(26)25-15-19(22-13-17-8-4-2-5-9-17)24(21(25)23-16)14-18-10-6-3-7-11-18/h2-12,21,23H,13-15H2,1H3. The maximum absolute atomic E-state index is 12.4. The quantitative estimate of drug-likeness (QED) is 0.926. The van der Waals surface area contributed by atoms with Crippen LogP contribution in [0.3, 0.4) is 0 Å². The minimum atomic E-state index is -0.178. The lowest BCUT2D eigenvalue weighted by Crippen LogP contribution is -2.53. The maximum Gasteiger partial charge on any atom is 0.251 e. The number of nitrogens with one attached hydrogen (secondary N) is 1. The molecule has 2 heterocycles. The largest absolute Gasteiger partial charge is 0.352 e. The number of hydrogen-bond acceptors (Lipinski definition) is 3. The van der Waals surface area contributed by atoms with E-state index in [0.717, 1.165) is 17.1 Å². The number of nitrogens with zero attached hydrogens (tertiary/aromatic N) is 3. The minimum absolute atomic E-state index is 0.0363. The summed E-state index contributed by atoms with van der Waals surface area (Å²) in [5.41, 5.74) is 3.25. The van der Waals surface area contributed by atoms with E-state index in [1.807, 2.05) is 48.2 Å². The van der Waals surface area contributed by atoms with Crippen LogP contribution in [-0.2, 0) is 17.9 Å². The molecule has 1 saturated heterocycles.